The maximum Gasteiger partial charge on any atom is 0.209 e. The van der Waals surface area contributed by atoms with E-state index in [0.29, 0.717) is 35.4 Å². The molecule has 0 radical (unpaired) electrons. The van der Waals surface area contributed by atoms with Crippen molar-refractivity contribution in [2.45, 2.75) is 69.4 Å². The molecule has 2 saturated carbocycles. The molecule has 2 aliphatic rings. The number of rotatable bonds is 2. The molecule has 2 fully saturated rings. The van der Waals surface area contributed by atoms with Crippen molar-refractivity contribution in [1.29, 1.82) is 0 Å². The number of hydrogen-bond acceptors (Lipinski definition) is 5. The lowest BCUT2D eigenvalue weighted by molar-refractivity contribution is 0.0610. The van der Waals surface area contributed by atoms with Crippen molar-refractivity contribution in [3.05, 3.63) is 35.9 Å². The third-order valence-electron chi connectivity index (χ3n) is 6.43. The van der Waals surface area contributed by atoms with Crippen LogP contribution in [-0.2, 0) is 0 Å². The molecule has 0 bridgehead atoms. The molecule has 0 spiro atoms. The smallest absolute Gasteiger partial charge is 0.209 e. The van der Waals surface area contributed by atoms with Crippen molar-refractivity contribution in [1.82, 2.24) is 19.5 Å². The van der Waals surface area contributed by atoms with E-state index in [1.54, 1.807) is 6.07 Å². The Labute approximate surface area is 180 Å². The molecule has 2 heterocycles. The lowest BCUT2D eigenvalue weighted by Crippen LogP contribution is -2.29. The molecule has 0 aliphatic heterocycles. The molecule has 31 heavy (non-hydrogen) atoms. The van der Waals surface area contributed by atoms with Crippen molar-refractivity contribution < 1.29 is 9.50 Å². The van der Waals surface area contributed by atoms with Gasteiger partial charge in [-0.25, -0.2) is 19.3 Å². The van der Waals surface area contributed by atoms with Gasteiger partial charge in [0.1, 0.15) is 17.2 Å². The zero-order valence-electron chi connectivity index (χ0n) is 17.4. The van der Waals surface area contributed by atoms with Crippen molar-refractivity contribution in [3.63, 3.8) is 0 Å². The number of benzene rings is 1. The number of aromatic nitrogens is 4. The third kappa shape index (κ3) is 3.88. The monoisotopic (exact) mass is 419 g/mol. The first-order chi connectivity index (χ1) is 15.0. The van der Waals surface area contributed by atoms with E-state index in [1.807, 2.05) is 6.07 Å². The highest BCUT2D eigenvalue weighted by Gasteiger charge is 2.28. The Balaban J connectivity index is 1.65. The summed E-state index contributed by atoms with van der Waals surface area (Å²) in [7, 11) is 0. The Morgan fingerprint density at radius 3 is 2.58 bits per heavy atom. The Kier molecular flexibility index (Phi) is 5.11. The second kappa shape index (κ2) is 7.93. The van der Waals surface area contributed by atoms with Gasteiger partial charge in [-0.2, -0.15) is 0 Å². The zero-order valence-corrected chi connectivity index (χ0v) is 17.4. The van der Waals surface area contributed by atoms with Crippen molar-refractivity contribution in [2.75, 3.05) is 5.73 Å². The van der Waals surface area contributed by atoms with Gasteiger partial charge in [0, 0.05) is 11.6 Å². The van der Waals surface area contributed by atoms with Crippen LogP contribution in [0.2, 0.25) is 0 Å². The molecule has 5 rings (SSSR count). The molecule has 1 aromatic carbocycles. The number of aliphatic hydroxyl groups is 1. The van der Waals surface area contributed by atoms with Gasteiger partial charge in [0.2, 0.25) is 5.82 Å². The summed E-state index contributed by atoms with van der Waals surface area (Å²) in [5.74, 6) is 6.82. The number of hydrogen-bond donors (Lipinski definition) is 2. The SMILES string of the molecule is Nc1nc(C#CC2(O)CCCCC2)nc2c1nc(-c1cccc(F)c1)n2C1CCCC1. The van der Waals surface area contributed by atoms with Crippen LogP contribution in [0.4, 0.5) is 10.2 Å². The average molecular weight is 420 g/mol. The van der Waals surface area contributed by atoms with Gasteiger partial charge in [-0.1, -0.05) is 37.3 Å². The van der Waals surface area contributed by atoms with Crippen LogP contribution in [0, 0.1) is 17.7 Å². The Morgan fingerprint density at radius 2 is 1.84 bits per heavy atom. The van der Waals surface area contributed by atoms with Crippen LogP contribution >= 0.6 is 0 Å². The minimum Gasteiger partial charge on any atom is -0.382 e. The van der Waals surface area contributed by atoms with Gasteiger partial charge in [-0.15, -0.1) is 0 Å². The Hall–Kier alpha value is -2.98. The molecule has 2 aromatic heterocycles. The molecule has 160 valence electrons. The van der Waals surface area contributed by atoms with Gasteiger partial charge < -0.3 is 15.4 Å². The maximum absolute atomic E-state index is 13.9. The normalized spacial score (nSPS) is 18.8. The Morgan fingerprint density at radius 1 is 1.06 bits per heavy atom. The first-order valence-electron chi connectivity index (χ1n) is 11.1. The molecule has 0 saturated heterocycles. The minimum absolute atomic E-state index is 0.223. The second-order valence-electron chi connectivity index (χ2n) is 8.70. The maximum atomic E-state index is 13.9. The van der Waals surface area contributed by atoms with Gasteiger partial charge >= 0.3 is 0 Å². The van der Waals surface area contributed by atoms with Crippen LogP contribution in [0.15, 0.2) is 24.3 Å². The quantitative estimate of drug-likeness (QED) is 0.602. The topological polar surface area (TPSA) is 89.8 Å². The molecular weight excluding hydrogens is 393 g/mol. The van der Waals surface area contributed by atoms with E-state index in [2.05, 4.69) is 21.4 Å². The van der Waals surface area contributed by atoms with Crippen LogP contribution in [0.5, 0.6) is 0 Å². The number of anilines is 1. The molecule has 7 heteroatoms. The number of nitrogen functional groups attached to an aromatic ring is 1. The standard InChI is InChI=1S/C24H26FN5O/c25-17-8-6-7-16(15-17)22-29-20-21(26)27-19(11-14-24(31)12-4-1-5-13-24)28-23(20)30(22)18-9-2-3-10-18/h6-8,15,18,31H,1-5,9-10,12-13H2,(H2,26,27,28). The predicted octanol–water partition coefficient (Wildman–Crippen LogP) is 4.38. The Bertz CT molecular complexity index is 1180. The first-order valence-corrected chi connectivity index (χ1v) is 11.1. The van der Waals surface area contributed by atoms with Crippen molar-refractivity contribution >= 4 is 17.0 Å². The van der Waals surface area contributed by atoms with Gasteiger partial charge in [0.15, 0.2) is 17.0 Å². The number of fused-ring (bicyclic) bond motifs is 1. The molecule has 0 unspecified atom stereocenters. The average Bonchev–Trinajstić information content (AvgIpc) is 3.41. The summed E-state index contributed by atoms with van der Waals surface area (Å²) in [4.78, 5) is 13.8. The molecule has 3 N–H and O–H groups in total. The fourth-order valence-electron chi connectivity index (χ4n) is 4.82. The van der Waals surface area contributed by atoms with E-state index in [0.717, 1.165) is 44.9 Å². The summed E-state index contributed by atoms with van der Waals surface area (Å²) in [6, 6.07) is 6.65. The number of halogens is 1. The molecule has 0 atom stereocenters. The lowest BCUT2D eigenvalue weighted by Gasteiger charge is -2.26. The number of imidazole rings is 1. The molecular formula is C24H26FN5O. The van der Waals surface area contributed by atoms with Gasteiger partial charge in [0.25, 0.3) is 0 Å². The number of nitrogens with two attached hydrogens (primary N) is 1. The third-order valence-corrected chi connectivity index (χ3v) is 6.43. The van der Waals surface area contributed by atoms with Gasteiger partial charge in [-0.3, -0.25) is 0 Å². The summed E-state index contributed by atoms with van der Waals surface area (Å²) < 4.78 is 16.0. The predicted molar refractivity (Wildman–Crippen MR) is 118 cm³/mol. The zero-order chi connectivity index (χ0) is 21.4. The van der Waals surface area contributed by atoms with Crippen LogP contribution in [0.1, 0.15) is 69.7 Å². The summed E-state index contributed by atoms with van der Waals surface area (Å²) in [5.41, 5.74) is 7.09. The van der Waals surface area contributed by atoms with Crippen molar-refractivity contribution in [3.8, 4) is 23.2 Å². The minimum atomic E-state index is -0.982. The second-order valence-corrected chi connectivity index (χ2v) is 8.70. The summed E-state index contributed by atoms with van der Waals surface area (Å²) in [6.07, 6.45) is 8.69. The largest absolute Gasteiger partial charge is 0.382 e. The first kappa shape index (κ1) is 20.0. The molecule has 3 aromatic rings. The highest BCUT2D eigenvalue weighted by atomic mass is 19.1. The van der Waals surface area contributed by atoms with Crippen LogP contribution in [0.3, 0.4) is 0 Å². The molecule has 6 nitrogen and oxygen atoms in total. The summed E-state index contributed by atoms with van der Waals surface area (Å²) in [5, 5.41) is 10.7. The van der Waals surface area contributed by atoms with E-state index in [4.69, 9.17) is 15.7 Å². The van der Waals surface area contributed by atoms with E-state index in [9.17, 15) is 9.50 Å². The molecule has 2 aliphatic carbocycles. The van der Waals surface area contributed by atoms with Crippen LogP contribution in [-0.4, -0.2) is 30.2 Å². The van der Waals surface area contributed by atoms with Gasteiger partial charge in [0.05, 0.1) is 0 Å². The molecule has 0 amide bonds. The van der Waals surface area contributed by atoms with Crippen molar-refractivity contribution in [2.24, 2.45) is 0 Å². The van der Waals surface area contributed by atoms with E-state index < -0.39 is 5.60 Å². The van der Waals surface area contributed by atoms with Crippen LogP contribution in [0.25, 0.3) is 22.6 Å². The van der Waals surface area contributed by atoms with E-state index >= 15 is 0 Å². The van der Waals surface area contributed by atoms with E-state index in [1.165, 1.54) is 12.1 Å². The fourth-order valence-corrected chi connectivity index (χ4v) is 4.82. The van der Waals surface area contributed by atoms with Gasteiger partial charge in [-0.05, 0) is 56.6 Å². The summed E-state index contributed by atoms with van der Waals surface area (Å²) >= 11 is 0. The number of nitrogens with zero attached hydrogens (tertiary/aromatic N) is 4. The fraction of sp³-hybridized carbons (Fsp3) is 0.458. The summed E-state index contributed by atoms with van der Waals surface area (Å²) in [6.45, 7) is 0. The van der Waals surface area contributed by atoms with E-state index in [-0.39, 0.29) is 23.5 Å². The lowest BCUT2D eigenvalue weighted by atomic mass is 9.85. The highest BCUT2D eigenvalue weighted by molar-refractivity contribution is 5.86. The van der Waals surface area contributed by atoms with Crippen LogP contribution < -0.4 is 5.73 Å². The highest BCUT2D eigenvalue weighted by Crippen LogP contribution is 2.37.